The molecule has 2 fully saturated rings. The van der Waals surface area contributed by atoms with E-state index in [0.29, 0.717) is 18.2 Å². The number of ether oxygens (including phenoxy) is 1. The number of aliphatic hydroxyl groups is 1. The van der Waals surface area contributed by atoms with Crippen molar-refractivity contribution in [2.24, 2.45) is 0 Å². The first-order chi connectivity index (χ1) is 8.56. The largest absolute Gasteiger partial charge is 0.394 e. The Kier molecular flexibility index (Phi) is 4.64. The van der Waals surface area contributed by atoms with Crippen LogP contribution in [0.25, 0.3) is 0 Å². The van der Waals surface area contributed by atoms with Gasteiger partial charge in [0.05, 0.1) is 24.9 Å². The van der Waals surface area contributed by atoms with Crippen LogP contribution in [-0.2, 0) is 4.74 Å². The molecule has 2 rings (SSSR count). The summed E-state index contributed by atoms with van der Waals surface area (Å²) in [4.78, 5) is 2.49. The lowest BCUT2D eigenvalue weighted by Gasteiger charge is -2.43. The van der Waals surface area contributed by atoms with E-state index >= 15 is 0 Å². The van der Waals surface area contributed by atoms with E-state index in [1.54, 1.807) is 0 Å². The van der Waals surface area contributed by atoms with Crippen LogP contribution in [0.4, 0.5) is 0 Å². The molecule has 0 spiro atoms. The first kappa shape index (κ1) is 14.3. The fourth-order valence-electron chi connectivity index (χ4n) is 2.79. The molecule has 2 aliphatic rings. The number of hydrogen-bond donors (Lipinski definition) is 2. The number of morpholine rings is 1. The van der Waals surface area contributed by atoms with Crippen molar-refractivity contribution in [2.75, 3.05) is 26.3 Å². The van der Waals surface area contributed by atoms with Crippen LogP contribution < -0.4 is 5.32 Å². The maximum atomic E-state index is 9.70. The molecule has 0 amide bonds. The van der Waals surface area contributed by atoms with Gasteiger partial charge in [-0.25, -0.2) is 0 Å². The third kappa shape index (κ3) is 3.67. The molecule has 0 bridgehead atoms. The number of hydrogen-bond acceptors (Lipinski definition) is 4. The highest BCUT2D eigenvalue weighted by atomic mass is 16.5. The van der Waals surface area contributed by atoms with Crippen molar-refractivity contribution in [1.29, 1.82) is 0 Å². The topological polar surface area (TPSA) is 44.7 Å². The van der Waals surface area contributed by atoms with Crippen LogP contribution >= 0.6 is 0 Å². The van der Waals surface area contributed by atoms with E-state index in [1.165, 1.54) is 12.8 Å². The molecule has 2 N–H and O–H groups in total. The first-order valence-corrected chi connectivity index (χ1v) is 7.30. The van der Waals surface area contributed by atoms with Crippen molar-refractivity contribution in [3.8, 4) is 0 Å². The summed E-state index contributed by atoms with van der Waals surface area (Å²) < 4.78 is 5.73. The molecule has 1 aliphatic carbocycles. The Hall–Kier alpha value is -0.160. The maximum Gasteiger partial charge on any atom is 0.0674 e. The predicted octanol–water partition coefficient (Wildman–Crippen LogP) is 0.989. The van der Waals surface area contributed by atoms with Crippen molar-refractivity contribution in [2.45, 2.75) is 63.8 Å². The van der Waals surface area contributed by atoms with Gasteiger partial charge in [0.15, 0.2) is 0 Å². The van der Waals surface area contributed by atoms with E-state index in [-0.39, 0.29) is 12.1 Å². The van der Waals surface area contributed by atoms with E-state index in [4.69, 9.17) is 4.74 Å². The van der Waals surface area contributed by atoms with Gasteiger partial charge >= 0.3 is 0 Å². The van der Waals surface area contributed by atoms with Gasteiger partial charge in [-0.05, 0) is 33.1 Å². The normalized spacial score (nSPS) is 33.3. The zero-order valence-corrected chi connectivity index (χ0v) is 12.0. The fourth-order valence-corrected chi connectivity index (χ4v) is 2.79. The molecular formula is C14H28N2O2. The highest BCUT2D eigenvalue weighted by Gasteiger charge is 2.36. The summed E-state index contributed by atoms with van der Waals surface area (Å²) in [6.45, 7) is 9.38. The van der Waals surface area contributed by atoms with Crippen LogP contribution in [0.1, 0.15) is 40.0 Å². The number of aliphatic hydroxyl groups excluding tert-OH is 1. The molecule has 1 saturated heterocycles. The third-order valence-corrected chi connectivity index (χ3v) is 4.08. The molecule has 3 atom stereocenters. The van der Waals surface area contributed by atoms with Crippen LogP contribution in [0, 0.1) is 0 Å². The summed E-state index contributed by atoms with van der Waals surface area (Å²) in [6.07, 6.45) is 3.92. The smallest absolute Gasteiger partial charge is 0.0674 e. The summed E-state index contributed by atoms with van der Waals surface area (Å²) >= 11 is 0. The highest BCUT2D eigenvalue weighted by molar-refractivity contribution is 4.96. The minimum Gasteiger partial charge on any atom is -0.394 e. The van der Waals surface area contributed by atoms with Crippen LogP contribution in [-0.4, -0.2) is 60.0 Å². The standard InChI is InChI=1S/C14H28N2O2/c1-4-13-8-18-11(2)7-16(13)9-14(3,10-17)15-12-5-6-12/h11-13,15,17H,4-10H2,1-3H3. The van der Waals surface area contributed by atoms with Crippen molar-refractivity contribution in [3.63, 3.8) is 0 Å². The van der Waals surface area contributed by atoms with Gasteiger partial charge in [0.1, 0.15) is 0 Å². The molecule has 1 aliphatic heterocycles. The van der Waals surface area contributed by atoms with Crippen molar-refractivity contribution >= 4 is 0 Å². The summed E-state index contributed by atoms with van der Waals surface area (Å²) in [5, 5.41) is 13.3. The van der Waals surface area contributed by atoms with Gasteiger partial charge in [-0.3, -0.25) is 4.90 Å². The van der Waals surface area contributed by atoms with E-state index in [0.717, 1.165) is 26.1 Å². The van der Waals surface area contributed by atoms with Crippen molar-refractivity contribution in [1.82, 2.24) is 10.2 Å². The molecule has 4 nitrogen and oxygen atoms in total. The predicted molar refractivity (Wildman–Crippen MR) is 72.7 cm³/mol. The zero-order valence-electron chi connectivity index (χ0n) is 12.0. The minimum absolute atomic E-state index is 0.175. The van der Waals surface area contributed by atoms with Crippen LogP contribution in [0.2, 0.25) is 0 Å². The number of nitrogens with zero attached hydrogens (tertiary/aromatic N) is 1. The Morgan fingerprint density at radius 3 is 2.72 bits per heavy atom. The van der Waals surface area contributed by atoms with Gasteiger partial charge in [0, 0.05) is 25.2 Å². The molecule has 0 radical (unpaired) electrons. The summed E-state index contributed by atoms with van der Waals surface area (Å²) in [7, 11) is 0. The summed E-state index contributed by atoms with van der Waals surface area (Å²) in [5.41, 5.74) is -0.175. The highest BCUT2D eigenvalue weighted by Crippen LogP contribution is 2.24. The SMILES string of the molecule is CCC1COC(C)CN1CC(C)(CO)NC1CC1. The molecule has 1 heterocycles. The second kappa shape index (κ2) is 5.87. The van der Waals surface area contributed by atoms with Gasteiger partial charge in [-0.2, -0.15) is 0 Å². The third-order valence-electron chi connectivity index (χ3n) is 4.08. The fraction of sp³-hybridized carbons (Fsp3) is 1.00. The van der Waals surface area contributed by atoms with E-state index in [9.17, 15) is 5.11 Å². The quantitative estimate of drug-likeness (QED) is 0.744. The monoisotopic (exact) mass is 256 g/mol. The van der Waals surface area contributed by atoms with Crippen LogP contribution in [0.5, 0.6) is 0 Å². The zero-order chi connectivity index (χ0) is 13.2. The van der Waals surface area contributed by atoms with E-state index in [1.807, 2.05) is 0 Å². The van der Waals surface area contributed by atoms with Crippen molar-refractivity contribution in [3.05, 3.63) is 0 Å². The van der Waals surface area contributed by atoms with Gasteiger partial charge in [-0.15, -0.1) is 0 Å². The molecule has 4 heteroatoms. The number of nitrogens with one attached hydrogen (secondary N) is 1. The second-order valence-electron chi connectivity index (χ2n) is 6.27. The minimum atomic E-state index is -0.175. The number of rotatable bonds is 6. The Bertz CT molecular complexity index is 271. The van der Waals surface area contributed by atoms with E-state index < -0.39 is 0 Å². The second-order valence-corrected chi connectivity index (χ2v) is 6.27. The lowest BCUT2D eigenvalue weighted by Crippen LogP contribution is -2.60. The first-order valence-electron chi connectivity index (χ1n) is 7.30. The Morgan fingerprint density at radius 1 is 1.44 bits per heavy atom. The molecule has 3 unspecified atom stereocenters. The molecule has 0 aromatic carbocycles. The molecule has 106 valence electrons. The summed E-state index contributed by atoms with van der Waals surface area (Å²) in [6, 6.07) is 1.12. The Balaban J connectivity index is 1.94. The van der Waals surface area contributed by atoms with Gasteiger partial charge in [-0.1, -0.05) is 6.92 Å². The maximum absolute atomic E-state index is 9.70. The summed E-state index contributed by atoms with van der Waals surface area (Å²) in [5.74, 6) is 0. The average molecular weight is 256 g/mol. The Labute approximate surface area is 111 Å². The van der Waals surface area contributed by atoms with Gasteiger partial charge in [0.2, 0.25) is 0 Å². The van der Waals surface area contributed by atoms with E-state index in [2.05, 4.69) is 31.0 Å². The van der Waals surface area contributed by atoms with Gasteiger partial charge in [0.25, 0.3) is 0 Å². The average Bonchev–Trinajstić information content (AvgIpc) is 3.13. The Morgan fingerprint density at radius 2 is 2.17 bits per heavy atom. The molecular weight excluding hydrogens is 228 g/mol. The van der Waals surface area contributed by atoms with Crippen LogP contribution in [0.3, 0.4) is 0 Å². The van der Waals surface area contributed by atoms with Gasteiger partial charge < -0.3 is 15.2 Å². The molecule has 18 heavy (non-hydrogen) atoms. The molecule has 0 aromatic heterocycles. The van der Waals surface area contributed by atoms with Crippen LogP contribution in [0.15, 0.2) is 0 Å². The molecule has 1 saturated carbocycles. The molecule has 0 aromatic rings. The van der Waals surface area contributed by atoms with Crippen molar-refractivity contribution < 1.29 is 9.84 Å². The lowest BCUT2D eigenvalue weighted by atomic mass is 10.00. The lowest BCUT2D eigenvalue weighted by molar-refractivity contribution is -0.0668.